The van der Waals surface area contributed by atoms with Crippen LogP contribution in [0.3, 0.4) is 0 Å². The first-order valence-electron chi connectivity index (χ1n) is 13.0. The van der Waals surface area contributed by atoms with Crippen molar-refractivity contribution < 1.29 is 17.9 Å². The second-order valence-electron chi connectivity index (χ2n) is 9.98. The summed E-state index contributed by atoms with van der Waals surface area (Å²) in [5.74, 6) is 1.44. The molecule has 0 aliphatic carbocycles. The number of piperazine rings is 1. The monoisotopic (exact) mass is 554 g/mol. The molecule has 0 radical (unpaired) electrons. The van der Waals surface area contributed by atoms with Gasteiger partial charge in [0.25, 0.3) is 0 Å². The predicted octanol–water partition coefficient (Wildman–Crippen LogP) is 3.02. The molecule has 1 aromatic heterocycles. The lowest BCUT2D eigenvalue weighted by atomic mass is 10.1. The number of ether oxygens (including phenoxy) is 1. The van der Waals surface area contributed by atoms with Gasteiger partial charge in [-0.3, -0.25) is 9.69 Å². The molecule has 0 bridgehead atoms. The van der Waals surface area contributed by atoms with Gasteiger partial charge in [-0.05, 0) is 61.4 Å². The number of nitrogens with zero attached hydrogens (tertiary/aromatic N) is 5. The Hall–Kier alpha value is -3.41. The van der Waals surface area contributed by atoms with Gasteiger partial charge in [-0.2, -0.15) is 0 Å². The Morgan fingerprint density at radius 3 is 2.28 bits per heavy atom. The summed E-state index contributed by atoms with van der Waals surface area (Å²) in [7, 11) is 1.31. The van der Waals surface area contributed by atoms with Crippen LogP contribution in [0.5, 0.6) is 5.75 Å². The molecule has 2 heterocycles. The first-order chi connectivity index (χ1) is 18.6. The molecule has 210 valence electrons. The Labute approximate surface area is 231 Å². The van der Waals surface area contributed by atoms with Gasteiger partial charge in [-0.1, -0.05) is 0 Å². The molecular weight excluding hydrogens is 516 g/mol. The quantitative estimate of drug-likeness (QED) is 0.411. The predicted molar refractivity (Wildman–Crippen MR) is 153 cm³/mol. The zero-order valence-electron chi connectivity index (χ0n) is 23.3. The van der Waals surface area contributed by atoms with Crippen molar-refractivity contribution in [3.8, 4) is 5.75 Å². The van der Waals surface area contributed by atoms with Gasteiger partial charge in [-0.15, -0.1) is 0 Å². The Balaban J connectivity index is 1.27. The summed E-state index contributed by atoms with van der Waals surface area (Å²) in [5, 5.41) is 2.88. The van der Waals surface area contributed by atoms with Crippen molar-refractivity contribution in [1.82, 2.24) is 18.8 Å². The number of carbonyl (C=O) groups is 1. The van der Waals surface area contributed by atoms with Crippen LogP contribution in [0.1, 0.15) is 23.4 Å². The van der Waals surface area contributed by atoms with Crippen molar-refractivity contribution in [2.75, 3.05) is 57.1 Å². The maximum atomic E-state index is 13.2. The number of nitrogens with one attached hydrogen (secondary N) is 1. The number of benzene rings is 2. The van der Waals surface area contributed by atoms with Crippen molar-refractivity contribution in [2.24, 2.45) is 7.05 Å². The molecule has 1 saturated heterocycles. The van der Waals surface area contributed by atoms with Crippen LogP contribution in [0.4, 0.5) is 11.4 Å². The SMILES string of the molecule is COc1cc(C)c(S(=O)(=O)N(C)CCC(=O)Nc2ccc(N3CCN(Cc4nccn4C)CC3)cc2)c(C)c1. The van der Waals surface area contributed by atoms with Crippen LogP contribution in [0.25, 0.3) is 0 Å². The number of hydrogen-bond acceptors (Lipinski definition) is 7. The first kappa shape index (κ1) is 28.6. The minimum absolute atomic E-state index is 0.0453. The summed E-state index contributed by atoms with van der Waals surface area (Å²) in [6, 6.07) is 11.2. The van der Waals surface area contributed by atoms with E-state index in [2.05, 4.69) is 24.7 Å². The summed E-state index contributed by atoms with van der Waals surface area (Å²) in [4.78, 5) is 22.0. The molecule has 1 aliphatic rings. The number of carbonyl (C=O) groups excluding carboxylic acids is 1. The van der Waals surface area contributed by atoms with E-state index < -0.39 is 10.0 Å². The molecule has 1 amide bonds. The molecule has 11 heteroatoms. The molecule has 39 heavy (non-hydrogen) atoms. The lowest BCUT2D eigenvalue weighted by Gasteiger charge is -2.36. The van der Waals surface area contributed by atoms with Gasteiger partial charge in [-0.25, -0.2) is 17.7 Å². The summed E-state index contributed by atoms with van der Waals surface area (Å²) in [6.07, 6.45) is 3.84. The molecule has 1 aliphatic heterocycles. The number of imidazole rings is 1. The number of amides is 1. The Kier molecular flexibility index (Phi) is 8.94. The van der Waals surface area contributed by atoms with Gasteiger partial charge in [0.2, 0.25) is 15.9 Å². The first-order valence-corrected chi connectivity index (χ1v) is 14.5. The molecule has 0 atom stereocenters. The molecule has 1 fully saturated rings. The maximum absolute atomic E-state index is 13.2. The number of anilines is 2. The van der Waals surface area contributed by atoms with Crippen molar-refractivity contribution in [2.45, 2.75) is 31.7 Å². The lowest BCUT2D eigenvalue weighted by molar-refractivity contribution is -0.116. The minimum atomic E-state index is -3.75. The van der Waals surface area contributed by atoms with Crippen LogP contribution in [-0.2, 0) is 28.4 Å². The lowest BCUT2D eigenvalue weighted by Crippen LogP contribution is -2.46. The third-order valence-corrected chi connectivity index (χ3v) is 9.33. The molecular formula is C28H38N6O4S. The van der Waals surface area contributed by atoms with E-state index in [-0.39, 0.29) is 23.8 Å². The van der Waals surface area contributed by atoms with Gasteiger partial charge in [0.1, 0.15) is 11.6 Å². The summed E-state index contributed by atoms with van der Waals surface area (Å²) < 4.78 is 34.9. The molecule has 10 nitrogen and oxygen atoms in total. The fourth-order valence-electron chi connectivity index (χ4n) is 4.86. The van der Waals surface area contributed by atoms with Gasteiger partial charge in [0.15, 0.2) is 0 Å². The number of aryl methyl sites for hydroxylation is 3. The number of aromatic nitrogens is 2. The van der Waals surface area contributed by atoms with E-state index in [1.165, 1.54) is 11.4 Å². The Morgan fingerprint density at radius 1 is 1.08 bits per heavy atom. The van der Waals surface area contributed by atoms with E-state index >= 15 is 0 Å². The Bertz CT molecular complexity index is 1370. The van der Waals surface area contributed by atoms with Gasteiger partial charge < -0.3 is 19.5 Å². The second kappa shape index (κ2) is 12.2. The van der Waals surface area contributed by atoms with E-state index in [0.717, 1.165) is 44.2 Å². The van der Waals surface area contributed by atoms with Crippen molar-refractivity contribution in [1.29, 1.82) is 0 Å². The van der Waals surface area contributed by atoms with Crippen LogP contribution in [0.15, 0.2) is 53.7 Å². The molecule has 2 aromatic carbocycles. The van der Waals surface area contributed by atoms with Crippen LogP contribution in [-0.4, -0.2) is 80.0 Å². The number of rotatable bonds is 10. The minimum Gasteiger partial charge on any atom is -0.497 e. The second-order valence-corrected chi connectivity index (χ2v) is 12.0. The van der Waals surface area contributed by atoms with Gasteiger partial charge >= 0.3 is 0 Å². The topological polar surface area (TPSA) is 100 Å². The molecule has 0 unspecified atom stereocenters. The van der Waals surface area contributed by atoms with E-state index in [0.29, 0.717) is 22.6 Å². The van der Waals surface area contributed by atoms with Crippen molar-refractivity contribution in [3.05, 3.63) is 65.7 Å². The molecule has 0 spiro atoms. The highest BCUT2D eigenvalue weighted by Crippen LogP contribution is 2.28. The van der Waals surface area contributed by atoms with Gasteiger partial charge in [0.05, 0.1) is 18.6 Å². The van der Waals surface area contributed by atoms with Crippen LogP contribution < -0.4 is 15.0 Å². The normalized spacial score (nSPS) is 14.6. The number of methoxy groups -OCH3 is 1. The number of hydrogen-bond donors (Lipinski definition) is 1. The molecule has 4 rings (SSSR count). The van der Waals surface area contributed by atoms with E-state index in [4.69, 9.17) is 4.74 Å². The fraction of sp³-hybridized carbons (Fsp3) is 0.429. The zero-order chi connectivity index (χ0) is 28.2. The van der Waals surface area contributed by atoms with E-state index in [1.807, 2.05) is 43.7 Å². The number of sulfonamides is 1. The average Bonchev–Trinajstić information content (AvgIpc) is 3.31. The molecule has 0 saturated carbocycles. The largest absolute Gasteiger partial charge is 0.497 e. The van der Waals surface area contributed by atoms with Crippen molar-refractivity contribution in [3.63, 3.8) is 0 Å². The maximum Gasteiger partial charge on any atom is 0.243 e. The zero-order valence-corrected chi connectivity index (χ0v) is 24.2. The smallest absolute Gasteiger partial charge is 0.243 e. The third kappa shape index (κ3) is 6.78. The highest BCUT2D eigenvalue weighted by Gasteiger charge is 2.26. The highest BCUT2D eigenvalue weighted by atomic mass is 32.2. The van der Waals surface area contributed by atoms with E-state index in [1.54, 1.807) is 33.1 Å². The van der Waals surface area contributed by atoms with Crippen LogP contribution in [0, 0.1) is 13.8 Å². The highest BCUT2D eigenvalue weighted by molar-refractivity contribution is 7.89. The average molecular weight is 555 g/mol. The fourth-order valence-corrected chi connectivity index (χ4v) is 6.44. The molecule has 1 N–H and O–H groups in total. The van der Waals surface area contributed by atoms with Crippen molar-refractivity contribution >= 4 is 27.3 Å². The van der Waals surface area contributed by atoms with Gasteiger partial charge in [0, 0.05) is 77.0 Å². The third-order valence-electron chi connectivity index (χ3n) is 7.17. The van der Waals surface area contributed by atoms with E-state index in [9.17, 15) is 13.2 Å². The van der Waals surface area contributed by atoms with Crippen LogP contribution in [0.2, 0.25) is 0 Å². The summed E-state index contributed by atoms with van der Waals surface area (Å²) in [5.41, 5.74) is 3.01. The summed E-state index contributed by atoms with van der Waals surface area (Å²) in [6.45, 7) is 8.16. The standard InChI is InChI=1S/C28H38N6O4S/c1-21-18-25(38-5)19-22(2)28(21)39(36,37)32(4)12-10-27(35)30-23-6-8-24(9-7-23)34-16-14-33(15-17-34)20-26-29-11-13-31(26)3/h6-9,11,13,18-19H,10,12,14-17,20H2,1-5H3,(H,30,35). The summed E-state index contributed by atoms with van der Waals surface area (Å²) >= 11 is 0. The Morgan fingerprint density at radius 2 is 1.72 bits per heavy atom. The van der Waals surface area contributed by atoms with Crippen LogP contribution >= 0.6 is 0 Å². The molecule has 3 aromatic rings.